The first-order chi connectivity index (χ1) is 8.88. The Kier molecular flexibility index (Phi) is 2.89. The van der Waals surface area contributed by atoms with Crippen LogP contribution in [0.5, 0.6) is 0 Å². The molecule has 0 amide bonds. The molecule has 4 nitrogen and oxygen atoms in total. The summed E-state index contributed by atoms with van der Waals surface area (Å²) in [5.41, 5.74) is -0.0193. The average Bonchev–Trinajstić information content (AvgIpc) is 3.16. The van der Waals surface area contributed by atoms with Crippen LogP contribution in [0.3, 0.4) is 0 Å². The van der Waals surface area contributed by atoms with Crippen molar-refractivity contribution in [1.29, 1.82) is 0 Å². The van der Waals surface area contributed by atoms with Gasteiger partial charge in [-0.2, -0.15) is 0 Å². The van der Waals surface area contributed by atoms with Crippen LogP contribution in [-0.2, 0) is 0 Å². The predicted molar refractivity (Wildman–Crippen MR) is 67.9 cm³/mol. The van der Waals surface area contributed by atoms with E-state index in [9.17, 15) is 5.11 Å². The van der Waals surface area contributed by atoms with Crippen LogP contribution >= 0.6 is 0 Å². The average molecular weight is 305 g/mol. The third-order valence-electron chi connectivity index (χ3n) is 3.06. The van der Waals surface area contributed by atoms with Gasteiger partial charge in [-0.25, -0.2) is 0 Å². The Labute approximate surface area is 106 Å². The maximum absolute atomic E-state index is 10.00. The molecule has 3 rings (SSSR count). The van der Waals surface area contributed by atoms with E-state index in [0.717, 1.165) is 13.8 Å². The summed E-state index contributed by atoms with van der Waals surface area (Å²) in [6, 6.07) is 11.1. The molecule has 18 heavy (non-hydrogen) atoms. The van der Waals surface area contributed by atoms with Crippen molar-refractivity contribution in [2.24, 2.45) is 0 Å². The summed E-state index contributed by atoms with van der Waals surface area (Å²) in [6.07, 6.45) is 4.82. The molecule has 0 aliphatic rings. The van der Waals surface area contributed by atoms with Crippen molar-refractivity contribution in [3.05, 3.63) is 55.2 Å². The van der Waals surface area contributed by atoms with Crippen molar-refractivity contribution in [2.75, 3.05) is 5.44 Å². The molecule has 0 aliphatic heterocycles. The van der Waals surface area contributed by atoms with Gasteiger partial charge in [0.05, 0.1) is 0 Å². The third-order valence-corrected chi connectivity index (χ3v) is 11.1. The molecule has 0 bridgehead atoms. The predicted octanol–water partition coefficient (Wildman–Crippen LogP) is 0.467. The van der Waals surface area contributed by atoms with Crippen LogP contribution in [0.4, 0.5) is 0 Å². The van der Waals surface area contributed by atoms with E-state index in [2.05, 4.69) is 0 Å². The minimum atomic E-state index is -3.30. The van der Waals surface area contributed by atoms with Crippen LogP contribution < -0.4 is 13.8 Å². The summed E-state index contributed by atoms with van der Waals surface area (Å²) in [6.45, 7) is 0. The molecule has 1 N–H and O–H groups in total. The van der Waals surface area contributed by atoms with Gasteiger partial charge in [0.15, 0.2) is 0 Å². The van der Waals surface area contributed by atoms with E-state index in [1.807, 2.05) is 36.4 Å². The Morgan fingerprint density at radius 3 is 1.39 bits per heavy atom. The number of hydrogen-bond donors (Lipinski definition) is 1. The summed E-state index contributed by atoms with van der Waals surface area (Å²) in [7, 11) is 0. The summed E-state index contributed by atoms with van der Waals surface area (Å²) >= 11 is -3.30. The fourth-order valence-corrected chi connectivity index (χ4v) is 8.76. The summed E-state index contributed by atoms with van der Waals surface area (Å²) in [4.78, 5) is 0. The van der Waals surface area contributed by atoms with Gasteiger partial charge in [0.2, 0.25) is 0 Å². The molecule has 0 spiro atoms. The van der Waals surface area contributed by atoms with Gasteiger partial charge in [-0.1, -0.05) is 0 Å². The van der Waals surface area contributed by atoms with Gasteiger partial charge in [0, 0.05) is 0 Å². The summed E-state index contributed by atoms with van der Waals surface area (Å²) in [5, 5.41) is 10.00. The normalized spacial score (nSPS) is 11.8. The number of furan rings is 3. The van der Waals surface area contributed by atoms with Gasteiger partial charge < -0.3 is 0 Å². The number of aliphatic hydroxyl groups is 1. The standard InChI is InChI=1S/C13H12GeO4/c15-10-14(11-4-1-7-16-11,12-5-2-8-17-12)13-6-3-9-18-13/h1-9,15H,10H2. The van der Waals surface area contributed by atoms with Crippen LogP contribution in [0.1, 0.15) is 0 Å². The van der Waals surface area contributed by atoms with E-state index in [1.54, 1.807) is 18.8 Å². The monoisotopic (exact) mass is 306 g/mol. The summed E-state index contributed by atoms with van der Waals surface area (Å²) < 4.78 is 18.9. The molecule has 3 aromatic heterocycles. The van der Waals surface area contributed by atoms with Crippen molar-refractivity contribution in [3.63, 3.8) is 0 Å². The van der Waals surface area contributed by atoms with Gasteiger partial charge in [-0.15, -0.1) is 0 Å². The zero-order valence-corrected chi connectivity index (χ0v) is 11.7. The van der Waals surface area contributed by atoms with Gasteiger partial charge in [0.1, 0.15) is 0 Å². The van der Waals surface area contributed by atoms with Crippen molar-refractivity contribution >= 4 is 27.0 Å². The van der Waals surface area contributed by atoms with E-state index < -0.39 is 13.3 Å². The molecule has 0 radical (unpaired) electrons. The molecule has 0 aliphatic carbocycles. The zero-order chi connectivity index (χ0) is 12.4. The van der Waals surface area contributed by atoms with E-state index in [0.29, 0.717) is 0 Å². The van der Waals surface area contributed by atoms with Crippen LogP contribution in [0.15, 0.2) is 68.4 Å². The molecule has 0 saturated carbocycles. The minimum absolute atomic E-state index is 0.0193. The molecule has 3 heterocycles. The Morgan fingerprint density at radius 1 is 0.778 bits per heavy atom. The molecule has 3 aromatic rings. The van der Waals surface area contributed by atoms with Crippen molar-refractivity contribution < 1.29 is 18.4 Å². The first-order valence-electron chi connectivity index (χ1n) is 5.61. The second-order valence-electron chi connectivity index (χ2n) is 4.00. The van der Waals surface area contributed by atoms with Crippen molar-refractivity contribution in [1.82, 2.24) is 0 Å². The third kappa shape index (κ3) is 1.57. The first kappa shape index (κ1) is 11.4. The van der Waals surface area contributed by atoms with Gasteiger partial charge in [0.25, 0.3) is 0 Å². The molecule has 92 valence electrons. The molecule has 0 unspecified atom stereocenters. The zero-order valence-electron chi connectivity index (χ0n) is 9.58. The quantitative estimate of drug-likeness (QED) is 0.712. The fourth-order valence-electron chi connectivity index (χ4n) is 2.16. The van der Waals surface area contributed by atoms with Gasteiger partial charge in [-0.05, 0) is 0 Å². The molecule has 0 saturated heterocycles. The Hall–Kier alpha value is -1.66. The Morgan fingerprint density at radius 2 is 1.17 bits per heavy atom. The van der Waals surface area contributed by atoms with Crippen LogP contribution in [0, 0.1) is 0 Å². The fraction of sp³-hybridized carbons (Fsp3) is 0.0769. The van der Waals surface area contributed by atoms with E-state index in [-0.39, 0.29) is 5.44 Å². The van der Waals surface area contributed by atoms with E-state index in [4.69, 9.17) is 13.3 Å². The number of rotatable bonds is 4. The van der Waals surface area contributed by atoms with E-state index >= 15 is 0 Å². The molecule has 0 atom stereocenters. The van der Waals surface area contributed by atoms with Gasteiger partial charge >= 0.3 is 106 Å². The van der Waals surface area contributed by atoms with Crippen LogP contribution in [0.2, 0.25) is 0 Å². The molecular weight excluding hydrogens is 293 g/mol. The van der Waals surface area contributed by atoms with Crippen molar-refractivity contribution in [2.45, 2.75) is 0 Å². The van der Waals surface area contributed by atoms with Crippen LogP contribution in [-0.4, -0.2) is 23.8 Å². The molecule has 0 aromatic carbocycles. The molecule has 5 heteroatoms. The number of aliphatic hydroxyl groups excluding tert-OH is 1. The summed E-state index contributed by atoms with van der Waals surface area (Å²) in [5.74, 6) is 0. The van der Waals surface area contributed by atoms with Gasteiger partial charge in [-0.3, -0.25) is 0 Å². The second-order valence-corrected chi connectivity index (χ2v) is 11.6. The van der Waals surface area contributed by atoms with Crippen LogP contribution in [0.25, 0.3) is 0 Å². The molecular formula is C13H12GeO4. The number of hydrogen-bond acceptors (Lipinski definition) is 4. The van der Waals surface area contributed by atoms with Crippen molar-refractivity contribution in [3.8, 4) is 0 Å². The first-order valence-corrected chi connectivity index (χ1v) is 10.2. The maximum atomic E-state index is 10.00. The SMILES string of the molecule is O[CH2][Ge]([c]1ccco1)([c]1ccco1)[c]1ccco1. The topological polar surface area (TPSA) is 59.7 Å². The second kappa shape index (κ2) is 4.55. The Bertz CT molecular complexity index is 497. The Balaban J connectivity index is 2.25. The van der Waals surface area contributed by atoms with E-state index in [1.165, 1.54) is 0 Å². The molecule has 0 fully saturated rings.